The molecule has 1 aromatic rings. The third kappa shape index (κ3) is 1.57. The van der Waals surface area contributed by atoms with E-state index in [0.717, 1.165) is 9.96 Å². The molecule has 1 unspecified atom stereocenters. The Balaban J connectivity index is 2.58. The van der Waals surface area contributed by atoms with Crippen LogP contribution in [0.2, 0.25) is 0 Å². The maximum absolute atomic E-state index is 11.6. The smallest absolute Gasteiger partial charge is 0.225 e. The van der Waals surface area contributed by atoms with Crippen LogP contribution in [0.4, 0.5) is 0 Å². The van der Waals surface area contributed by atoms with E-state index in [0.29, 0.717) is 12.0 Å². The number of rotatable bonds is 1. The van der Waals surface area contributed by atoms with Crippen LogP contribution in [0.5, 0.6) is 0 Å². The number of hydrogen-bond donors (Lipinski definition) is 1. The van der Waals surface area contributed by atoms with E-state index in [4.69, 9.17) is 5.73 Å². The summed E-state index contributed by atoms with van der Waals surface area (Å²) >= 11 is 3.14. The topological polar surface area (TPSA) is 60.2 Å². The van der Waals surface area contributed by atoms with Gasteiger partial charge in [-0.05, 0) is 23.6 Å². The van der Waals surface area contributed by atoms with Gasteiger partial charge in [0.1, 0.15) is 0 Å². The van der Waals surface area contributed by atoms with Crippen molar-refractivity contribution in [3.63, 3.8) is 0 Å². The van der Waals surface area contributed by atoms with Crippen molar-refractivity contribution >= 4 is 29.0 Å². The maximum Gasteiger partial charge on any atom is 0.225 e. The van der Waals surface area contributed by atoms with Crippen LogP contribution in [0.1, 0.15) is 17.9 Å². The number of carbonyl (C=O) groups excluding carboxylic acids is 1. The zero-order chi connectivity index (χ0) is 10.1. The number of nitrogens with two attached hydrogens (primary N) is 1. The van der Waals surface area contributed by atoms with Crippen LogP contribution < -0.4 is 11.2 Å². The minimum absolute atomic E-state index is 0.0604. The highest BCUT2D eigenvalue weighted by molar-refractivity contribution is 8.01. The zero-order valence-corrected chi connectivity index (χ0v) is 8.99. The summed E-state index contributed by atoms with van der Waals surface area (Å²) in [6.45, 7) is 0. The van der Waals surface area contributed by atoms with E-state index in [2.05, 4.69) is 0 Å². The lowest BCUT2D eigenvalue weighted by molar-refractivity contribution is -0.119. The average Bonchev–Trinajstić information content (AvgIpc) is 2.17. The summed E-state index contributed by atoms with van der Waals surface area (Å²) in [7, 11) is 0. The molecule has 0 fully saturated rings. The van der Waals surface area contributed by atoms with E-state index in [1.807, 2.05) is 0 Å². The van der Waals surface area contributed by atoms with Crippen molar-refractivity contribution in [2.24, 2.45) is 5.73 Å². The molecular formula is C9H9NO2S2. The molecule has 1 aliphatic rings. The number of hydrogen-bond acceptors (Lipinski definition) is 4. The Hall–Kier alpha value is -0.810. The van der Waals surface area contributed by atoms with Crippen LogP contribution in [0.15, 0.2) is 20.5 Å². The van der Waals surface area contributed by atoms with Crippen molar-refractivity contribution in [3.8, 4) is 0 Å². The van der Waals surface area contributed by atoms with Gasteiger partial charge in [-0.2, -0.15) is 0 Å². The van der Waals surface area contributed by atoms with Crippen LogP contribution in [0.25, 0.3) is 0 Å². The minimum Gasteiger partial charge on any atom is -0.369 e. The van der Waals surface area contributed by atoms with Crippen molar-refractivity contribution in [2.75, 3.05) is 5.75 Å². The molecule has 2 N–H and O–H groups in total. The van der Waals surface area contributed by atoms with Gasteiger partial charge in [0.05, 0.1) is 10.1 Å². The van der Waals surface area contributed by atoms with E-state index in [9.17, 15) is 9.59 Å². The molecule has 0 spiro atoms. The monoisotopic (exact) mass is 227 g/mol. The van der Waals surface area contributed by atoms with Crippen LogP contribution in [0.3, 0.4) is 0 Å². The SMILES string of the molecule is NC(=O)C1CCSc2sccc(=O)c21. The summed E-state index contributed by atoms with van der Waals surface area (Å²) in [5.74, 6) is 0.0962. The number of amides is 1. The second-order valence-electron chi connectivity index (χ2n) is 3.08. The van der Waals surface area contributed by atoms with Crippen molar-refractivity contribution < 1.29 is 4.79 Å². The molecule has 1 aromatic heterocycles. The van der Waals surface area contributed by atoms with Crippen LogP contribution >= 0.6 is 23.1 Å². The lowest BCUT2D eigenvalue weighted by Crippen LogP contribution is -2.28. The van der Waals surface area contributed by atoms with Crippen LogP contribution in [-0.2, 0) is 4.79 Å². The van der Waals surface area contributed by atoms with Gasteiger partial charge in [0.2, 0.25) is 5.91 Å². The summed E-state index contributed by atoms with van der Waals surface area (Å²) < 4.78 is 0.951. The summed E-state index contributed by atoms with van der Waals surface area (Å²) in [5, 5.41) is 1.76. The van der Waals surface area contributed by atoms with Gasteiger partial charge < -0.3 is 5.73 Å². The van der Waals surface area contributed by atoms with Crippen molar-refractivity contribution in [1.82, 2.24) is 0 Å². The fourth-order valence-corrected chi connectivity index (χ4v) is 3.85. The number of primary amides is 1. The molecule has 0 aromatic carbocycles. The van der Waals surface area contributed by atoms with E-state index >= 15 is 0 Å². The lowest BCUT2D eigenvalue weighted by Gasteiger charge is -2.20. The number of fused-ring (bicyclic) bond motifs is 1. The quantitative estimate of drug-likeness (QED) is 0.783. The highest BCUT2D eigenvalue weighted by atomic mass is 32.2. The second-order valence-corrected chi connectivity index (χ2v) is 5.36. The summed E-state index contributed by atoms with van der Waals surface area (Å²) in [5.41, 5.74) is 5.82. The zero-order valence-electron chi connectivity index (χ0n) is 7.36. The van der Waals surface area contributed by atoms with Crippen LogP contribution in [-0.4, -0.2) is 11.7 Å². The molecule has 0 bridgehead atoms. The molecule has 0 saturated heterocycles. The highest BCUT2D eigenvalue weighted by Crippen LogP contribution is 2.37. The number of thioether (sulfide) groups is 1. The predicted octanol–water partition coefficient (Wildman–Crippen LogP) is 1.17. The molecule has 1 aliphatic heterocycles. The van der Waals surface area contributed by atoms with Gasteiger partial charge in [0.25, 0.3) is 0 Å². The van der Waals surface area contributed by atoms with Gasteiger partial charge in [-0.1, -0.05) is 0 Å². The van der Waals surface area contributed by atoms with Gasteiger partial charge in [-0.3, -0.25) is 9.59 Å². The van der Waals surface area contributed by atoms with Crippen molar-refractivity contribution in [1.29, 1.82) is 0 Å². The Morgan fingerprint density at radius 1 is 1.57 bits per heavy atom. The minimum atomic E-state index is -0.387. The molecule has 2 rings (SSSR count). The van der Waals surface area contributed by atoms with E-state index in [1.54, 1.807) is 17.1 Å². The third-order valence-electron chi connectivity index (χ3n) is 2.21. The summed E-state index contributed by atoms with van der Waals surface area (Å²) in [4.78, 5) is 22.7. The third-order valence-corrected chi connectivity index (χ3v) is 4.48. The first-order chi connectivity index (χ1) is 6.70. The first kappa shape index (κ1) is 9.73. The first-order valence-corrected chi connectivity index (χ1v) is 6.10. The molecule has 3 nitrogen and oxygen atoms in total. The normalized spacial score (nSPS) is 20.1. The highest BCUT2D eigenvalue weighted by Gasteiger charge is 2.27. The maximum atomic E-state index is 11.6. The fraction of sp³-hybridized carbons (Fsp3) is 0.333. The Morgan fingerprint density at radius 2 is 2.36 bits per heavy atom. The van der Waals surface area contributed by atoms with Gasteiger partial charge in [-0.25, -0.2) is 0 Å². The first-order valence-electron chi connectivity index (χ1n) is 4.24. The molecule has 0 aliphatic carbocycles. The average molecular weight is 227 g/mol. The molecular weight excluding hydrogens is 218 g/mol. The Labute approximate surface area is 89.3 Å². The van der Waals surface area contributed by atoms with Gasteiger partial charge in [-0.15, -0.1) is 23.1 Å². The molecule has 2 heterocycles. The largest absolute Gasteiger partial charge is 0.369 e. The number of carbonyl (C=O) groups is 1. The lowest BCUT2D eigenvalue weighted by atomic mass is 9.98. The molecule has 0 saturated carbocycles. The summed E-state index contributed by atoms with van der Waals surface area (Å²) in [6.07, 6.45) is 0.680. The molecule has 14 heavy (non-hydrogen) atoms. The van der Waals surface area contributed by atoms with E-state index < -0.39 is 0 Å². The van der Waals surface area contributed by atoms with Gasteiger partial charge in [0.15, 0.2) is 5.43 Å². The molecule has 74 valence electrons. The molecule has 1 amide bonds. The van der Waals surface area contributed by atoms with E-state index in [1.165, 1.54) is 17.4 Å². The standard InChI is InChI=1S/C9H9NO2S2/c10-8(12)5-1-3-13-9-7(5)6(11)2-4-14-9/h2,4-5H,1,3H2,(H2,10,12). The molecule has 0 radical (unpaired) electrons. The summed E-state index contributed by atoms with van der Waals surface area (Å²) in [6, 6.07) is 1.51. The second kappa shape index (κ2) is 3.74. The van der Waals surface area contributed by atoms with Gasteiger partial charge in [0, 0.05) is 5.56 Å². The Bertz CT molecular complexity index is 427. The van der Waals surface area contributed by atoms with Crippen molar-refractivity contribution in [3.05, 3.63) is 27.2 Å². The Morgan fingerprint density at radius 3 is 3.07 bits per heavy atom. The van der Waals surface area contributed by atoms with Gasteiger partial charge >= 0.3 is 0 Å². The molecule has 1 atom stereocenters. The predicted molar refractivity (Wildman–Crippen MR) is 57.9 cm³/mol. The molecule has 5 heteroatoms. The van der Waals surface area contributed by atoms with Crippen molar-refractivity contribution in [2.45, 2.75) is 16.5 Å². The fourth-order valence-electron chi connectivity index (χ4n) is 1.54. The van der Waals surface area contributed by atoms with E-state index in [-0.39, 0.29) is 17.3 Å². The van der Waals surface area contributed by atoms with Crippen LogP contribution in [0, 0.1) is 0 Å². The Kier molecular flexibility index (Phi) is 2.60.